The molecule has 24 heavy (non-hydrogen) atoms. The van der Waals surface area contributed by atoms with Gasteiger partial charge in [-0.2, -0.15) is 0 Å². The molecule has 1 aromatic heterocycles. The molecule has 6 heteroatoms. The van der Waals surface area contributed by atoms with E-state index in [1.165, 1.54) is 18.6 Å². The summed E-state index contributed by atoms with van der Waals surface area (Å²) in [4.78, 5) is 12.9. The van der Waals surface area contributed by atoms with Gasteiger partial charge in [-0.25, -0.2) is 9.17 Å². The minimum absolute atomic E-state index is 0.213. The summed E-state index contributed by atoms with van der Waals surface area (Å²) in [6, 6.07) is 13.7. The molecule has 0 saturated carbocycles. The lowest BCUT2D eigenvalue weighted by Gasteiger charge is -2.14. The van der Waals surface area contributed by atoms with Gasteiger partial charge in [-0.3, -0.25) is 0 Å². The van der Waals surface area contributed by atoms with Crippen LogP contribution in [0.15, 0.2) is 58.9 Å². The van der Waals surface area contributed by atoms with Crippen LogP contribution in [0.1, 0.15) is 15.9 Å². The van der Waals surface area contributed by atoms with Crippen LogP contribution in [0.2, 0.25) is 0 Å². The Morgan fingerprint density at radius 1 is 1.25 bits per heavy atom. The summed E-state index contributed by atoms with van der Waals surface area (Å²) in [6.45, 7) is 0. The zero-order chi connectivity index (χ0) is 16.9. The number of thioether (sulfide) groups is 1. The highest BCUT2D eigenvalue weighted by Crippen LogP contribution is 2.37. The number of carbonyl (C=O) groups is 1. The van der Waals surface area contributed by atoms with Gasteiger partial charge in [0.1, 0.15) is 11.3 Å². The third kappa shape index (κ3) is 3.44. The van der Waals surface area contributed by atoms with E-state index >= 15 is 0 Å². The lowest BCUT2D eigenvalue weighted by molar-refractivity contribution is 0.0692. The second-order valence-corrected chi connectivity index (χ2v) is 6.71. The molecule has 0 aliphatic carbocycles. The second kappa shape index (κ2) is 7.51. The Kier molecular flexibility index (Phi) is 5.17. The fourth-order valence-electron chi connectivity index (χ4n) is 2.43. The Labute approximate surface area is 148 Å². The number of benzene rings is 2. The van der Waals surface area contributed by atoms with Gasteiger partial charge in [0.25, 0.3) is 0 Å². The number of aromatic carboxylic acids is 1. The third-order valence-electron chi connectivity index (χ3n) is 3.54. The Morgan fingerprint density at radius 3 is 2.67 bits per heavy atom. The van der Waals surface area contributed by atoms with Gasteiger partial charge >= 0.3 is 5.97 Å². The maximum Gasteiger partial charge on any atom is 0.339 e. The fraction of sp³-hybridized carbons (Fsp3) is 0.111. The third-order valence-corrected chi connectivity index (χ3v) is 5.19. The van der Waals surface area contributed by atoms with E-state index in [-0.39, 0.29) is 5.56 Å². The van der Waals surface area contributed by atoms with Crippen molar-refractivity contribution in [1.82, 2.24) is 4.37 Å². The minimum Gasteiger partial charge on any atom is -0.495 e. The summed E-state index contributed by atoms with van der Waals surface area (Å²) in [7, 11) is 1.50. The van der Waals surface area contributed by atoms with Gasteiger partial charge < -0.3 is 9.84 Å². The van der Waals surface area contributed by atoms with Crippen LogP contribution < -0.4 is 4.74 Å². The van der Waals surface area contributed by atoms with Crippen LogP contribution in [-0.4, -0.2) is 22.6 Å². The van der Waals surface area contributed by atoms with E-state index in [1.54, 1.807) is 18.0 Å². The molecular formula is C18H15NO3S2. The van der Waals surface area contributed by atoms with E-state index in [1.807, 2.05) is 47.8 Å². The van der Waals surface area contributed by atoms with Gasteiger partial charge in [0, 0.05) is 33.4 Å². The number of rotatable bonds is 6. The van der Waals surface area contributed by atoms with Gasteiger partial charge in [-0.15, -0.1) is 11.8 Å². The highest BCUT2D eigenvalue weighted by Gasteiger charge is 2.21. The number of methoxy groups -OCH3 is 1. The summed E-state index contributed by atoms with van der Waals surface area (Å²) >= 11 is 2.92. The predicted octanol–water partition coefficient (Wildman–Crippen LogP) is 4.81. The molecule has 0 aliphatic heterocycles. The quantitative estimate of drug-likeness (QED) is 0.642. The fourth-order valence-corrected chi connectivity index (χ4v) is 3.88. The van der Waals surface area contributed by atoms with E-state index in [0.717, 1.165) is 21.6 Å². The highest BCUT2D eigenvalue weighted by atomic mass is 32.2. The summed E-state index contributed by atoms with van der Waals surface area (Å²) in [5, 5.41) is 11.6. The van der Waals surface area contributed by atoms with Gasteiger partial charge in [0.15, 0.2) is 0 Å². The van der Waals surface area contributed by atoms with Gasteiger partial charge in [-0.05, 0) is 29.2 Å². The van der Waals surface area contributed by atoms with Gasteiger partial charge in [0.2, 0.25) is 0 Å². The predicted molar refractivity (Wildman–Crippen MR) is 97.1 cm³/mol. The molecule has 1 heterocycles. The molecule has 0 atom stereocenters. The van der Waals surface area contributed by atoms with Crippen LogP contribution in [0.4, 0.5) is 0 Å². The molecule has 0 aliphatic rings. The van der Waals surface area contributed by atoms with Crippen molar-refractivity contribution in [3.63, 3.8) is 0 Å². The van der Waals surface area contributed by atoms with E-state index in [2.05, 4.69) is 4.37 Å². The Balaban J connectivity index is 1.99. The van der Waals surface area contributed by atoms with Crippen molar-refractivity contribution in [2.24, 2.45) is 0 Å². The lowest BCUT2D eigenvalue weighted by Crippen LogP contribution is -2.06. The van der Waals surface area contributed by atoms with Crippen molar-refractivity contribution in [3.8, 4) is 16.9 Å². The Morgan fingerprint density at radius 2 is 2.04 bits per heavy atom. The zero-order valence-electron chi connectivity index (χ0n) is 12.9. The van der Waals surface area contributed by atoms with E-state index < -0.39 is 5.97 Å². The molecular weight excluding hydrogens is 342 g/mol. The first-order chi connectivity index (χ1) is 11.7. The molecule has 3 aromatic rings. The lowest BCUT2D eigenvalue weighted by atomic mass is 10.00. The number of ether oxygens (including phenoxy) is 1. The summed E-state index contributed by atoms with van der Waals surface area (Å²) in [6.07, 6.45) is 1.71. The maximum absolute atomic E-state index is 11.8. The second-order valence-electron chi connectivity index (χ2n) is 5.00. The molecule has 0 fully saturated rings. The minimum atomic E-state index is -0.986. The largest absolute Gasteiger partial charge is 0.495 e. The summed E-state index contributed by atoms with van der Waals surface area (Å²) in [5.41, 5.74) is 2.56. The number of aromatic nitrogens is 1. The molecule has 0 spiro atoms. The smallest absolute Gasteiger partial charge is 0.339 e. The molecule has 0 bridgehead atoms. The molecule has 0 unspecified atom stereocenters. The molecule has 122 valence electrons. The van der Waals surface area contributed by atoms with E-state index in [9.17, 15) is 9.90 Å². The SMILES string of the molecule is COc1c(-c2cnsc2)ccc(CSc2ccccc2)c1C(=O)O. The monoisotopic (exact) mass is 357 g/mol. The number of hydrogen-bond acceptors (Lipinski definition) is 5. The Hall–Kier alpha value is -2.31. The molecule has 3 rings (SSSR count). The summed E-state index contributed by atoms with van der Waals surface area (Å²) < 4.78 is 9.52. The van der Waals surface area contributed by atoms with Crippen molar-refractivity contribution in [2.75, 3.05) is 7.11 Å². The summed E-state index contributed by atoms with van der Waals surface area (Å²) in [5.74, 6) is -0.0427. The number of carboxylic acid groups (broad SMARTS) is 1. The molecule has 0 saturated heterocycles. The van der Waals surface area contributed by atoms with Crippen molar-refractivity contribution >= 4 is 29.3 Å². The first-order valence-corrected chi connectivity index (χ1v) is 9.03. The first kappa shape index (κ1) is 16.5. The molecule has 2 aromatic carbocycles. The number of nitrogens with zero attached hydrogens (tertiary/aromatic N) is 1. The molecule has 0 radical (unpaired) electrons. The molecule has 0 amide bonds. The Bertz CT molecular complexity index is 833. The number of hydrogen-bond donors (Lipinski definition) is 1. The van der Waals surface area contributed by atoms with Crippen LogP contribution in [0.25, 0.3) is 11.1 Å². The van der Waals surface area contributed by atoms with Crippen LogP contribution in [-0.2, 0) is 5.75 Å². The van der Waals surface area contributed by atoms with Crippen molar-refractivity contribution < 1.29 is 14.6 Å². The standard InChI is InChI=1S/C18H15NO3S2/c1-22-17-15(13-9-19-24-11-13)8-7-12(16(17)18(20)21)10-23-14-5-3-2-4-6-14/h2-9,11H,10H2,1H3,(H,20,21). The topological polar surface area (TPSA) is 59.4 Å². The molecule has 1 N–H and O–H groups in total. The van der Waals surface area contributed by atoms with Crippen LogP contribution in [0, 0.1) is 0 Å². The highest BCUT2D eigenvalue weighted by molar-refractivity contribution is 7.98. The first-order valence-electron chi connectivity index (χ1n) is 7.21. The zero-order valence-corrected chi connectivity index (χ0v) is 14.6. The van der Waals surface area contributed by atoms with Crippen molar-refractivity contribution in [3.05, 3.63) is 65.2 Å². The molecule has 4 nitrogen and oxygen atoms in total. The van der Waals surface area contributed by atoms with Gasteiger partial charge in [-0.1, -0.05) is 30.3 Å². The normalized spacial score (nSPS) is 10.5. The number of carboxylic acids is 1. The van der Waals surface area contributed by atoms with E-state index in [4.69, 9.17) is 4.74 Å². The van der Waals surface area contributed by atoms with Crippen molar-refractivity contribution in [2.45, 2.75) is 10.6 Å². The van der Waals surface area contributed by atoms with Crippen LogP contribution >= 0.6 is 23.3 Å². The van der Waals surface area contributed by atoms with Crippen LogP contribution in [0.5, 0.6) is 5.75 Å². The van der Waals surface area contributed by atoms with Gasteiger partial charge in [0.05, 0.1) is 7.11 Å². The van der Waals surface area contributed by atoms with E-state index in [0.29, 0.717) is 11.5 Å². The maximum atomic E-state index is 11.8. The van der Waals surface area contributed by atoms with Crippen LogP contribution in [0.3, 0.4) is 0 Å². The average Bonchev–Trinajstić information content (AvgIpc) is 3.14. The van der Waals surface area contributed by atoms with Crippen molar-refractivity contribution in [1.29, 1.82) is 0 Å². The average molecular weight is 357 g/mol.